The van der Waals surface area contributed by atoms with Gasteiger partial charge < -0.3 is 4.57 Å². The number of nitro groups is 1. The van der Waals surface area contributed by atoms with Crippen LogP contribution in [0, 0.1) is 21.7 Å². The first-order valence-electron chi connectivity index (χ1n) is 7.81. The number of hydrogen-bond donors (Lipinski definition) is 0. The Morgan fingerprint density at radius 2 is 1.85 bits per heavy atom. The summed E-state index contributed by atoms with van der Waals surface area (Å²) in [5.74, 6) is -1.39. The van der Waals surface area contributed by atoms with Crippen LogP contribution in [-0.4, -0.2) is 9.49 Å². The molecule has 2 aromatic carbocycles. The molecule has 3 rings (SSSR count). The molecule has 5 nitrogen and oxygen atoms in total. The fourth-order valence-electron chi connectivity index (χ4n) is 2.54. The van der Waals surface area contributed by atoms with E-state index in [4.69, 9.17) is 0 Å². The van der Waals surface area contributed by atoms with Crippen LogP contribution in [0.15, 0.2) is 52.8 Å². The first-order chi connectivity index (χ1) is 12.4. The third-order valence-corrected chi connectivity index (χ3v) is 4.60. The van der Waals surface area contributed by atoms with E-state index in [1.165, 1.54) is 29.5 Å². The van der Waals surface area contributed by atoms with Gasteiger partial charge in [0, 0.05) is 29.6 Å². The second-order valence-corrected chi connectivity index (χ2v) is 6.72. The van der Waals surface area contributed by atoms with E-state index < -0.39 is 16.6 Å². The molecule has 0 amide bonds. The van der Waals surface area contributed by atoms with Crippen molar-refractivity contribution in [3.8, 4) is 11.3 Å². The third kappa shape index (κ3) is 3.55. The van der Waals surface area contributed by atoms with Crippen molar-refractivity contribution >= 4 is 22.7 Å². The van der Waals surface area contributed by atoms with Crippen LogP contribution >= 0.6 is 11.3 Å². The molecule has 0 aliphatic carbocycles. The van der Waals surface area contributed by atoms with Crippen molar-refractivity contribution in [3.63, 3.8) is 0 Å². The highest BCUT2D eigenvalue weighted by atomic mass is 32.1. The predicted molar refractivity (Wildman–Crippen MR) is 96.4 cm³/mol. The minimum atomic E-state index is -0.731. The maximum Gasteiger partial charge on any atom is 0.269 e. The average Bonchev–Trinajstić information content (AvgIpc) is 3.01. The molecule has 0 unspecified atom stereocenters. The fourth-order valence-corrected chi connectivity index (χ4v) is 3.58. The molecular formula is C18H15F2N3O2S. The number of hydrogen-bond acceptors (Lipinski definition) is 4. The van der Waals surface area contributed by atoms with Crippen molar-refractivity contribution in [2.24, 2.45) is 4.99 Å². The smallest absolute Gasteiger partial charge is 0.269 e. The normalized spacial score (nSPS) is 12.0. The summed E-state index contributed by atoms with van der Waals surface area (Å²) in [6.07, 6.45) is 0. The van der Waals surface area contributed by atoms with E-state index in [0.29, 0.717) is 4.80 Å². The number of thiazole rings is 1. The monoisotopic (exact) mass is 375 g/mol. The summed E-state index contributed by atoms with van der Waals surface area (Å²) in [6, 6.07) is 9.48. The van der Waals surface area contributed by atoms with E-state index in [1.54, 1.807) is 12.1 Å². The van der Waals surface area contributed by atoms with Crippen LogP contribution in [0.5, 0.6) is 0 Å². The summed E-state index contributed by atoms with van der Waals surface area (Å²) >= 11 is 1.32. The lowest BCUT2D eigenvalue weighted by atomic mass is 10.1. The number of halogens is 2. The van der Waals surface area contributed by atoms with Crippen molar-refractivity contribution in [3.05, 3.63) is 74.4 Å². The highest BCUT2D eigenvalue weighted by Gasteiger charge is 2.13. The zero-order valence-electron chi connectivity index (χ0n) is 14.0. The van der Waals surface area contributed by atoms with Crippen LogP contribution in [-0.2, 0) is 0 Å². The SMILES string of the molecule is CC(C)n1c(-c2ccc([N+](=O)[O-])cc2)csc1=Nc1ccc(F)cc1F. The molecule has 0 saturated heterocycles. The minimum Gasteiger partial charge on any atom is -0.314 e. The van der Waals surface area contributed by atoms with E-state index in [1.807, 2.05) is 23.8 Å². The van der Waals surface area contributed by atoms with Crippen LogP contribution in [0.2, 0.25) is 0 Å². The van der Waals surface area contributed by atoms with Gasteiger partial charge in [0.2, 0.25) is 0 Å². The molecule has 3 aromatic rings. The zero-order chi connectivity index (χ0) is 18.8. The lowest BCUT2D eigenvalue weighted by molar-refractivity contribution is -0.384. The molecule has 8 heteroatoms. The summed E-state index contributed by atoms with van der Waals surface area (Å²) in [5.41, 5.74) is 1.68. The molecule has 0 bridgehead atoms. The van der Waals surface area contributed by atoms with Gasteiger partial charge >= 0.3 is 0 Å². The number of rotatable bonds is 4. The van der Waals surface area contributed by atoms with Gasteiger partial charge in [0.1, 0.15) is 11.5 Å². The summed E-state index contributed by atoms with van der Waals surface area (Å²) in [7, 11) is 0. The van der Waals surface area contributed by atoms with Gasteiger partial charge in [-0.15, -0.1) is 11.3 Å². The van der Waals surface area contributed by atoms with Gasteiger partial charge in [0.05, 0.1) is 10.6 Å². The van der Waals surface area contributed by atoms with Gasteiger partial charge in [-0.05, 0) is 43.7 Å². The van der Waals surface area contributed by atoms with Gasteiger partial charge in [-0.3, -0.25) is 10.1 Å². The molecule has 26 heavy (non-hydrogen) atoms. The van der Waals surface area contributed by atoms with Crippen LogP contribution in [0.4, 0.5) is 20.2 Å². The Morgan fingerprint density at radius 3 is 2.42 bits per heavy atom. The summed E-state index contributed by atoms with van der Waals surface area (Å²) < 4.78 is 28.9. The standard InChI is InChI=1S/C18H15F2N3O2S/c1-11(2)22-17(12-3-6-14(7-4-12)23(24)25)10-26-18(22)21-16-8-5-13(19)9-15(16)20/h3-11H,1-2H3. The van der Waals surface area contributed by atoms with Crippen LogP contribution in [0.1, 0.15) is 19.9 Å². The largest absolute Gasteiger partial charge is 0.314 e. The fraction of sp³-hybridized carbons (Fsp3) is 0.167. The Bertz CT molecular complexity index is 1020. The van der Waals surface area contributed by atoms with Crippen molar-refractivity contribution in [2.45, 2.75) is 19.9 Å². The van der Waals surface area contributed by atoms with Gasteiger partial charge in [-0.1, -0.05) is 0 Å². The molecule has 0 fully saturated rings. The van der Waals surface area contributed by atoms with E-state index in [2.05, 4.69) is 4.99 Å². The maximum absolute atomic E-state index is 13.9. The third-order valence-electron chi connectivity index (χ3n) is 3.76. The second-order valence-electron chi connectivity index (χ2n) is 5.88. The van der Waals surface area contributed by atoms with Gasteiger partial charge in [-0.25, -0.2) is 13.8 Å². The zero-order valence-corrected chi connectivity index (χ0v) is 14.8. The molecule has 0 atom stereocenters. The predicted octanol–water partition coefficient (Wildman–Crippen LogP) is 5.22. The molecule has 134 valence electrons. The molecule has 0 aliphatic rings. The average molecular weight is 375 g/mol. The highest BCUT2D eigenvalue weighted by molar-refractivity contribution is 7.07. The molecule has 0 spiro atoms. The first-order valence-corrected chi connectivity index (χ1v) is 8.69. The number of nitro benzene ring substituents is 1. The van der Waals surface area contributed by atoms with Crippen LogP contribution in [0.3, 0.4) is 0 Å². The summed E-state index contributed by atoms with van der Waals surface area (Å²) in [6.45, 7) is 3.92. The number of non-ortho nitro benzene ring substituents is 1. The molecule has 0 N–H and O–H groups in total. The first kappa shape index (κ1) is 17.9. The Hall–Kier alpha value is -2.87. The molecule has 1 aromatic heterocycles. The minimum absolute atomic E-state index is 0.0124. The molecule has 0 aliphatic heterocycles. The Labute approximate surface area is 152 Å². The number of nitrogens with zero attached hydrogens (tertiary/aromatic N) is 3. The number of aromatic nitrogens is 1. The molecule has 0 radical (unpaired) electrons. The van der Waals surface area contributed by atoms with Crippen molar-refractivity contribution in [1.82, 2.24) is 4.57 Å². The van der Waals surface area contributed by atoms with Crippen molar-refractivity contribution in [1.29, 1.82) is 0 Å². The summed E-state index contributed by atoms with van der Waals surface area (Å²) in [4.78, 5) is 15.2. The Balaban J connectivity index is 2.12. The lowest BCUT2D eigenvalue weighted by Crippen LogP contribution is -2.18. The molecule has 1 heterocycles. The molecular weight excluding hydrogens is 360 g/mol. The summed E-state index contributed by atoms with van der Waals surface area (Å²) in [5, 5.41) is 12.7. The van der Waals surface area contributed by atoms with Gasteiger partial charge in [0.15, 0.2) is 10.6 Å². The van der Waals surface area contributed by atoms with Crippen LogP contribution in [0.25, 0.3) is 11.3 Å². The van der Waals surface area contributed by atoms with E-state index in [0.717, 1.165) is 23.4 Å². The molecule has 0 saturated carbocycles. The Morgan fingerprint density at radius 1 is 1.15 bits per heavy atom. The second kappa shape index (κ2) is 7.17. The van der Waals surface area contributed by atoms with E-state index >= 15 is 0 Å². The van der Waals surface area contributed by atoms with Crippen molar-refractivity contribution < 1.29 is 13.7 Å². The quantitative estimate of drug-likeness (QED) is 0.464. The van der Waals surface area contributed by atoms with Gasteiger partial charge in [-0.2, -0.15) is 0 Å². The van der Waals surface area contributed by atoms with Crippen LogP contribution < -0.4 is 4.80 Å². The lowest BCUT2D eigenvalue weighted by Gasteiger charge is -2.12. The van der Waals surface area contributed by atoms with Crippen molar-refractivity contribution in [2.75, 3.05) is 0 Å². The van der Waals surface area contributed by atoms with E-state index in [-0.39, 0.29) is 17.4 Å². The number of benzene rings is 2. The van der Waals surface area contributed by atoms with Gasteiger partial charge in [0.25, 0.3) is 5.69 Å². The highest BCUT2D eigenvalue weighted by Crippen LogP contribution is 2.26. The maximum atomic E-state index is 13.9. The van der Waals surface area contributed by atoms with E-state index in [9.17, 15) is 18.9 Å². The Kier molecular flexibility index (Phi) is 4.94. The topological polar surface area (TPSA) is 60.4 Å².